The predicted octanol–water partition coefficient (Wildman–Crippen LogP) is 6.48. The fraction of sp³-hybridized carbons (Fsp3) is 0.296. The van der Waals surface area contributed by atoms with E-state index in [1.54, 1.807) is 0 Å². The Bertz CT molecular complexity index is 859. The number of hydrogen-bond donors (Lipinski definition) is 1. The molecule has 0 aliphatic rings. The SMILES string of the molecule is CCCCC(N)CC(N=C(c1ccccc1)c1ccccc1)c1ccccc1C. The Hall–Kier alpha value is -2.71. The molecular weight excluding hydrogens is 352 g/mol. The molecule has 0 fully saturated rings. The largest absolute Gasteiger partial charge is 0.328 e. The Labute approximate surface area is 175 Å². The van der Waals surface area contributed by atoms with Crippen LogP contribution in [0.15, 0.2) is 89.9 Å². The van der Waals surface area contributed by atoms with Gasteiger partial charge in [0.1, 0.15) is 0 Å². The fourth-order valence-electron chi connectivity index (χ4n) is 3.74. The van der Waals surface area contributed by atoms with Crippen molar-refractivity contribution in [1.82, 2.24) is 0 Å². The summed E-state index contributed by atoms with van der Waals surface area (Å²) in [6.07, 6.45) is 4.23. The van der Waals surface area contributed by atoms with Crippen LogP contribution in [0.1, 0.15) is 60.9 Å². The second-order valence-electron chi connectivity index (χ2n) is 7.72. The van der Waals surface area contributed by atoms with Crippen LogP contribution in [0, 0.1) is 6.92 Å². The van der Waals surface area contributed by atoms with Crippen molar-refractivity contribution in [3.8, 4) is 0 Å². The van der Waals surface area contributed by atoms with E-state index >= 15 is 0 Å². The first-order chi connectivity index (χ1) is 14.2. The molecule has 0 aliphatic carbocycles. The number of rotatable bonds is 9. The number of nitrogens with zero attached hydrogens (tertiary/aromatic N) is 1. The van der Waals surface area contributed by atoms with Crippen molar-refractivity contribution < 1.29 is 0 Å². The van der Waals surface area contributed by atoms with E-state index in [4.69, 9.17) is 10.7 Å². The Balaban J connectivity index is 2.06. The monoisotopic (exact) mass is 384 g/mol. The molecule has 0 aromatic heterocycles. The molecule has 150 valence electrons. The summed E-state index contributed by atoms with van der Waals surface area (Å²) < 4.78 is 0. The highest BCUT2D eigenvalue weighted by molar-refractivity contribution is 6.13. The lowest BCUT2D eigenvalue weighted by Crippen LogP contribution is -2.23. The van der Waals surface area contributed by atoms with Crippen molar-refractivity contribution in [3.05, 3.63) is 107 Å². The van der Waals surface area contributed by atoms with Crippen molar-refractivity contribution in [2.24, 2.45) is 10.7 Å². The van der Waals surface area contributed by atoms with Crippen LogP contribution in [0.3, 0.4) is 0 Å². The maximum Gasteiger partial charge on any atom is 0.0774 e. The van der Waals surface area contributed by atoms with E-state index in [0.717, 1.165) is 36.1 Å². The Morgan fingerprint density at radius 3 is 1.93 bits per heavy atom. The number of aliphatic imine (C=N–C) groups is 1. The average molecular weight is 385 g/mol. The number of aryl methyl sites for hydroxylation is 1. The van der Waals surface area contributed by atoms with E-state index in [9.17, 15) is 0 Å². The summed E-state index contributed by atoms with van der Waals surface area (Å²) in [5, 5.41) is 0. The van der Waals surface area contributed by atoms with Crippen LogP contribution in [0.4, 0.5) is 0 Å². The summed E-state index contributed by atoms with van der Waals surface area (Å²) in [7, 11) is 0. The fourth-order valence-corrected chi connectivity index (χ4v) is 3.74. The van der Waals surface area contributed by atoms with Gasteiger partial charge in [-0.1, -0.05) is 105 Å². The van der Waals surface area contributed by atoms with Crippen molar-refractivity contribution >= 4 is 5.71 Å². The molecule has 2 N–H and O–H groups in total. The van der Waals surface area contributed by atoms with E-state index in [-0.39, 0.29) is 12.1 Å². The number of hydrogen-bond acceptors (Lipinski definition) is 2. The molecule has 0 spiro atoms. The molecule has 0 saturated heterocycles. The molecule has 2 atom stereocenters. The third kappa shape index (κ3) is 5.88. The molecule has 0 heterocycles. The van der Waals surface area contributed by atoms with Gasteiger partial charge in [0.2, 0.25) is 0 Å². The van der Waals surface area contributed by atoms with Gasteiger partial charge in [0, 0.05) is 17.2 Å². The molecule has 0 radical (unpaired) electrons. The lowest BCUT2D eigenvalue weighted by atomic mass is 9.93. The summed E-state index contributed by atoms with van der Waals surface area (Å²) in [5.41, 5.74) is 12.4. The maximum absolute atomic E-state index is 6.53. The first-order valence-electron chi connectivity index (χ1n) is 10.7. The lowest BCUT2D eigenvalue weighted by Gasteiger charge is -2.22. The second kappa shape index (κ2) is 10.7. The van der Waals surface area contributed by atoms with E-state index in [0.29, 0.717) is 0 Å². The van der Waals surface area contributed by atoms with Gasteiger partial charge in [-0.15, -0.1) is 0 Å². The summed E-state index contributed by atoms with van der Waals surface area (Å²) in [4.78, 5) is 5.33. The molecule has 0 aliphatic heterocycles. The van der Waals surface area contributed by atoms with E-state index in [1.165, 1.54) is 17.5 Å². The topological polar surface area (TPSA) is 38.4 Å². The zero-order valence-electron chi connectivity index (χ0n) is 17.6. The van der Waals surface area contributed by atoms with E-state index < -0.39 is 0 Å². The molecule has 3 aromatic rings. The van der Waals surface area contributed by atoms with Crippen LogP contribution < -0.4 is 5.73 Å². The minimum Gasteiger partial charge on any atom is -0.328 e. The molecule has 2 nitrogen and oxygen atoms in total. The average Bonchev–Trinajstić information content (AvgIpc) is 2.77. The number of nitrogens with two attached hydrogens (primary N) is 1. The normalized spacial score (nSPS) is 12.9. The number of benzene rings is 3. The molecule has 3 aromatic carbocycles. The first kappa shape index (κ1) is 21.0. The molecule has 0 bridgehead atoms. The van der Waals surface area contributed by atoms with Crippen LogP contribution in [0.2, 0.25) is 0 Å². The van der Waals surface area contributed by atoms with Crippen LogP contribution in [0.5, 0.6) is 0 Å². The molecule has 29 heavy (non-hydrogen) atoms. The highest BCUT2D eigenvalue weighted by Gasteiger charge is 2.19. The Kier molecular flexibility index (Phi) is 7.77. The molecular formula is C27H32N2. The summed E-state index contributed by atoms with van der Waals surface area (Å²) >= 11 is 0. The third-order valence-corrected chi connectivity index (χ3v) is 5.38. The molecule has 2 unspecified atom stereocenters. The summed E-state index contributed by atoms with van der Waals surface area (Å²) in [5.74, 6) is 0. The van der Waals surface area contributed by atoms with Crippen molar-refractivity contribution in [1.29, 1.82) is 0 Å². The smallest absolute Gasteiger partial charge is 0.0774 e. The first-order valence-corrected chi connectivity index (χ1v) is 10.7. The quantitative estimate of drug-likeness (QED) is 0.421. The maximum atomic E-state index is 6.53. The van der Waals surface area contributed by atoms with Crippen LogP contribution >= 0.6 is 0 Å². The summed E-state index contributed by atoms with van der Waals surface area (Å²) in [6, 6.07) is 29.7. The van der Waals surface area contributed by atoms with E-state index in [1.807, 2.05) is 12.1 Å². The highest BCUT2D eigenvalue weighted by atomic mass is 14.8. The zero-order valence-corrected chi connectivity index (χ0v) is 17.6. The molecule has 3 rings (SSSR count). The Morgan fingerprint density at radius 1 is 0.828 bits per heavy atom. The van der Waals surface area contributed by atoms with Gasteiger partial charge in [-0.05, 0) is 30.9 Å². The van der Waals surface area contributed by atoms with Gasteiger partial charge in [-0.3, -0.25) is 4.99 Å². The Morgan fingerprint density at radius 2 is 1.38 bits per heavy atom. The standard InChI is InChI=1S/C27H32N2/c1-3-4-18-24(28)20-26(25-19-12-11-13-21(25)2)29-27(22-14-7-5-8-15-22)23-16-9-6-10-17-23/h5-17,19,24,26H,3-4,18,20,28H2,1-2H3. The molecule has 0 saturated carbocycles. The van der Waals surface area contributed by atoms with Gasteiger partial charge in [0.25, 0.3) is 0 Å². The third-order valence-electron chi connectivity index (χ3n) is 5.38. The van der Waals surface area contributed by atoms with Gasteiger partial charge in [-0.25, -0.2) is 0 Å². The van der Waals surface area contributed by atoms with Gasteiger partial charge in [0.05, 0.1) is 11.8 Å². The van der Waals surface area contributed by atoms with Crippen molar-refractivity contribution in [2.45, 2.75) is 51.6 Å². The predicted molar refractivity (Wildman–Crippen MR) is 125 cm³/mol. The van der Waals surface area contributed by atoms with E-state index in [2.05, 4.69) is 86.6 Å². The molecule has 2 heteroatoms. The molecule has 0 amide bonds. The summed E-state index contributed by atoms with van der Waals surface area (Å²) in [6.45, 7) is 4.38. The second-order valence-corrected chi connectivity index (χ2v) is 7.72. The van der Waals surface area contributed by atoms with Crippen molar-refractivity contribution in [2.75, 3.05) is 0 Å². The minimum atomic E-state index is 0.0402. The lowest BCUT2D eigenvalue weighted by molar-refractivity contribution is 0.493. The minimum absolute atomic E-state index is 0.0402. The van der Waals surface area contributed by atoms with Gasteiger partial charge >= 0.3 is 0 Å². The number of unbranched alkanes of at least 4 members (excludes halogenated alkanes) is 1. The van der Waals surface area contributed by atoms with Gasteiger partial charge in [0.15, 0.2) is 0 Å². The van der Waals surface area contributed by atoms with Crippen LogP contribution in [0.25, 0.3) is 0 Å². The van der Waals surface area contributed by atoms with Crippen LogP contribution in [-0.2, 0) is 0 Å². The van der Waals surface area contributed by atoms with Gasteiger partial charge in [-0.2, -0.15) is 0 Å². The van der Waals surface area contributed by atoms with Crippen LogP contribution in [-0.4, -0.2) is 11.8 Å². The van der Waals surface area contributed by atoms with Crippen molar-refractivity contribution in [3.63, 3.8) is 0 Å². The highest BCUT2D eigenvalue weighted by Crippen LogP contribution is 2.28. The zero-order chi connectivity index (χ0) is 20.5. The van der Waals surface area contributed by atoms with Gasteiger partial charge < -0.3 is 5.73 Å².